The van der Waals surface area contributed by atoms with Gasteiger partial charge in [0, 0.05) is 5.56 Å². The van der Waals surface area contributed by atoms with Gasteiger partial charge in [-0.3, -0.25) is 0 Å². The molecule has 0 spiro atoms. The Labute approximate surface area is 143 Å². The Balaban J connectivity index is 1.71. The number of nitrogens with one attached hydrogen (secondary N) is 1. The minimum absolute atomic E-state index is 0.163. The standard InChI is InChI=1S/C16H15N3O3S2/c20-24(21,15-9-3-6-13-16(15)18-23-17-13)19-12-7-4-10-22-14-8-2-1-5-11(12)14/h1-3,5-6,8-9,12,19H,4,7,10H2. The van der Waals surface area contributed by atoms with Gasteiger partial charge in [0.05, 0.1) is 24.0 Å². The molecule has 2 aromatic rings. The van der Waals surface area contributed by atoms with Crippen LogP contribution in [0.1, 0.15) is 24.4 Å². The van der Waals surface area contributed by atoms with Gasteiger partial charge in [0.1, 0.15) is 22.0 Å². The molecular weight excluding hydrogens is 346 g/mol. The van der Waals surface area contributed by atoms with Crippen molar-refractivity contribution in [1.82, 2.24) is 4.72 Å². The molecule has 0 bridgehead atoms. The van der Waals surface area contributed by atoms with E-state index < -0.39 is 10.0 Å². The van der Waals surface area contributed by atoms with E-state index in [4.69, 9.17) is 4.74 Å². The van der Waals surface area contributed by atoms with Crippen LogP contribution >= 0.6 is 0 Å². The van der Waals surface area contributed by atoms with E-state index in [1.807, 2.05) is 24.3 Å². The van der Waals surface area contributed by atoms with Gasteiger partial charge in [-0.25, -0.2) is 13.1 Å². The zero-order valence-electron chi connectivity index (χ0n) is 12.7. The predicted octanol–water partition coefficient (Wildman–Crippen LogP) is 3.61. The third kappa shape index (κ3) is 2.77. The van der Waals surface area contributed by atoms with Crippen molar-refractivity contribution in [3.05, 3.63) is 48.0 Å². The molecule has 0 radical (unpaired) electrons. The normalized spacial score (nSPS) is 18.9. The summed E-state index contributed by atoms with van der Waals surface area (Å²) in [5.74, 6) is 0.733. The molecule has 1 N–H and O–H groups in total. The molecule has 0 aromatic heterocycles. The maximum Gasteiger partial charge on any atom is 0.243 e. The number of hydrogen-bond acceptors (Lipinski definition) is 5. The second-order valence-electron chi connectivity index (χ2n) is 5.59. The molecule has 0 fully saturated rings. The van der Waals surface area contributed by atoms with Crippen molar-refractivity contribution in [3.8, 4) is 5.75 Å². The lowest BCUT2D eigenvalue weighted by Crippen LogP contribution is -2.28. The van der Waals surface area contributed by atoms with E-state index in [1.54, 1.807) is 18.2 Å². The van der Waals surface area contributed by atoms with Gasteiger partial charge in [-0.1, -0.05) is 24.3 Å². The molecule has 0 aliphatic carbocycles. The summed E-state index contributed by atoms with van der Waals surface area (Å²) in [4.78, 5) is 0.163. The second kappa shape index (κ2) is 6.12. The monoisotopic (exact) mass is 361 g/mol. The molecule has 8 heteroatoms. The van der Waals surface area contributed by atoms with Crippen LogP contribution in [0.15, 0.2) is 56.1 Å². The smallest absolute Gasteiger partial charge is 0.243 e. The highest BCUT2D eigenvalue weighted by atomic mass is 32.2. The first-order valence-corrected chi connectivity index (χ1v) is 9.82. The highest BCUT2D eigenvalue weighted by molar-refractivity contribution is 7.89. The number of hydrogen-bond donors (Lipinski definition) is 1. The molecule has 2 aliphatic rings. The molecule has 124 valence electrons. The molecular formula is C16H15N3O3S2. The number of sulfonamides is 1. The van der Waals surface area contributed by atoms with E-state index in [0.29, 0.717) is 24.4 Å². The Bertz CT molecular complexity index is 966. The lowest BCUT2D eigenvalue weighted by atomic mass is 10.0. The van der Waals surface area contributed by atoms with E-state index in [0.717, 1.165) is 29.1 Å². The van der Waals surface area contributed by atoms with Gasteiger partial charge in [0.2, 0.25) is 10.0 Å². The molecule has 2 aromatic carbocycles. The lowest BCUT2D eigenvalue weighted by Gasteiger charge is -2.19. The molecule has 4 rings (SSSR count). The van der Waals surface area contributed by atoms with Crippen LogP contribution in [-0.4, -0.2) is 15.0 Å². The fraction of sp³-hybridized carbons (Fsp3) is 0.250. The molecule has 6 nitrogen and oxygen atoms in total. The Morgan fingerprint density at radius 1 is 1.12 bits per heavy atom. The molecule has 24 heavy (non-hydrogen) atoms. The van der Waals surface area contributed by atoms with Crippen molar-refractivity contribution >= 4 is 32.8 Å². The molecule has 0 saturated heterocycles. The van der Waals surface area contributed by atoms with Crippen molar-refractivity contribution in [3.63, 3.8) is 0 Å². The van der Waals surface area contributed by atoms with Crippen LogP contribution in [-0.2, 0) is 21.4 Å². The van der Waals surface area contributed by atoms with E-state index in [9.17, 15) is 8.42 Å². The molecule has 2 heterocycles. The summed E-state index contributed by atoms with van der Waals surface area (Å²) in [7, 11) is -3.72. The first kappa shape index (κ1) is 15.5. The van der Waals surface area contributed by atoms with Crippen LogP contribution in [0.4, 0.5) is 11.4 Å². The summed E-state index contributed by atoms with van der Waals surface area (Å²) < 4.78 is 42.6. The van der Waals surface area contributed by atoms with Gasteiger partial charge in [0.15, 0.2) is 0 Å². The van der Waals surface area contributed by atoms with Crippen molar-refractivity contribution in [2.45, 2.75) is 23.8 Å². The topological polar surface area (TPSA) is 80.1 Å². The SMILES string of the molecule is O=S(=O)(NC1CCCOc2ccccc21)c1cccc2c1N=S=N2. The van der Waals surface area contributed by atoms with Gasteiger partial charge >= 0.3 is 0 Å². The Kier molecular flexibility index (Phi) is 3.95. The van der Waals surface area contributed by atoms with Crippen molar-refractivity contribution in [2.24, 2.45) is 8.73 Å². The minimum Gasteiger partial charge on any atom is -0.493 e. The largest absolute Gasteiger partial charge is 0.493 e. The van der Waals surface area contributed by atoms with Crippen LogP contribution in [0.3, 0.4) is 0 Å². The van der Waals surface area contributed by atoms with E-state index in [-0.39, 0.29) is 10.9 Å². The highest BCUT2D eigenvalue weighted by Gasteiger charge is 2.28. The average molecular weight is 361 g/mol. The summed E-state index contributed by atoms with van der Waals surface area (Å²) in [6.07, 6.45) is 1.46. The van der Waals surface area contributed by atoms with E-state index >= 15 is 0 Å². The number of nitrogens with zero attached hydrogens (tertiary/aromatic N) is 2. The summed E-state index contributed by atoms with van der Waals surface area (Å²) >= 11 is 1.01. The summed E-state index contributed by atoms with van der Waals surface area (Å²) in [5.41, 5.74) is 1.86. The molecule has 1 unspecified atom stereocenters. The zero-order chi connectivity index (χ0) is 16.6. The van der Waals surface area contributed by atoms with Crippen LogP contribution in [0, 0.1) is 0 Å². The zero-order valence-corrected chi connectivity index (χ0v) is 14.3. The van der Waals surface area contributed by atoms with Crippen molar-refractivity contribution in [2.75, 3.05) is 6.61 Å². The van der Waals surface area contributed by atoms with Gasteiger partial charge in [-0.05, 0) is 31.0 Å². The number of benzene rings is 2. The third-order valence-corrected chi connectivity index (χ3v) is 6.07. The summed E-state index contributed by atoms with van der Waals surface area (Å²) in [5, 5.41) is 0. The first-order valence-electron chi connectivity index (χ1n) is 7.60. The van der Waals surface area contributed by atoms with Crippen LogP contribution in [0.25, 0.3) is 0 Å². The number of fused-ring (bicyclic) bond motifs is 2. The van der Waals surface area contributed by atoms with Crippen molar-refractivity contribution in [1.29, 1.82) is 0 Å². The quantitative estimate of drug-likeness (QED) is 0.774. The van der Waals surface area contributed by atoms with Gasteiger partial charge < -0.3 is 4.74 Å². The Morgan fingerprint density at radius 3 is 2.92 bits per heavy atom. The van der Waals surface area contributed by atoms with E-state index in [2.05, 4.69) is 13.4 Å². The maximum atomic E-state index is 12.9. The van der Waals surface area contributed by atoms with Crippen molar-refractivity contribution < 1.29 is 13.2 Å². The predicted molar refractivity (Wildman–Crippen MR) is 92.2 cm³/mol. The fourth-order valence-electron chi connectivity index (χ4n) is 2.90. The second-order valence-corrected chi connectivity index (χ2v) is 7.80. The molecule has 2 aliphatic heterocycles. The first-order chi connectivity index (χ1) is 11.6. The fourth-order valence-corrected chi connectivity index (χ4v) is 4.91. The maximum absolute atomic E-state index is 12.9. The lowest BCUT2D eigenvalue weighted by molar-refractivity contribution is 0.316. The Morgan fingerprint density at radius 2 is 2.00 bits per heavy atom. The van der Waals surface area contributed by atoms with Gasteiger partial charge in [-0.15, -0.1) is 0 Å². The van der Waals surface area contributed by atoms with Crippen LogP contribution in [0.5, 0.6) is 5.75 Å². The number of ether oxygens (including phenoxy) is 1. The summed E-state index contributed by atoms with van der Waals surface area (Å²) in [6, 6.07) is 12.2. The Hall–Kier alpha value is -2.03. The van der Waals surface area contributed by atoms with Gasteiger partial charge in [-0.2, -0.15) is 8.73 Å². The summed E-state index contributed by atoms with van der Waals surface area (Å²) in [6.45, 7) is 0.584. The van der Waals surface area contributed by atoms with Crippen LogP contribution < -0.4 is 9.46 Å². The minimum atomic E-state index is -3.72. The average Bonchev–Trinajstić information content (AvgIpc) is 2.98. The third-order valence-electron chi connectivity index (χ3n) is 4.03. The number of para-hydroxylation sites is 1. The highest BCUT2D eigenvalue weighted by Crippen LogP contribution is 2.38. The number of rotatable bonds is 3. The van der Waals surface area contributed by atoms with E-state index in [1.165, 1.54) is 0 Å². The van der Waals surface area contributed by atoms with Crippen LogP contribution in [0.2, 0.25) is 0 Å². The van der Waals surface area contributed by atoms with Gasteiger partial charge in [0.25, 0.3) is 0 Å². The molecule has 0 amide bonds. The molecule has 0 saturated carbocycles. The molecule has 1 atom stereocenters.